The van der Waals surface area contributed by atoms with Gasteiger partial charge in [-0.3, -0.25) is 9.59 Å². The highest BCUT2D eigenvalue weighted by atomic mass is 16.2. The molecule has 2 amide bonds. The highest BCUT2D eigenvalue weighted by Crippen LogP contribution is 2.15. The molecule has 25 heavy (non-hydrogen) atoms. The summed E-state index contributed by atoms with van der Waals surface area (Å²) >= 11 is 0. The summed E-state index contributed by atoms with van der Waals surface area (Å²) in [6.07, 6.45) is 0.117. The van der Waals surface area contributed by atoms with Gasteiger partial charge in [0.05, 0.1) is 5.52 Å². The average Bonchev–Trinajstić information content (AvgIpc) is 2.65. The van der Waals surface area contributed by atoms with Gasteiger partial charge in [0.2, 0.25) is 5.91 Å². The van der Waals surface area contributed by atoms with Crippen LogP contribution in [0.1, 0.15) is 22.5 Å². The summed E-state index contributed by atoms with van der Waals surface area (Å²) in [7, 11) is 0. The standard InChI is InChI=1S/C20H19N3O2/c21-19(24)12-13-23(14-15-6-2-1-3-7-15)20(25)18-11-10-16-8-4-5-9-17(16)22-18/h1-11H,12-14H2,(H2,21,24). The van der Waals surface area contributed by atoms with E-state index >= 15 is 0 Å². The number of carbonyl (C=O) groups excluding carboxylic acids is 2. The van der Waals surface area contributed by atoms with Crippen molar-refractivity contribution in [2.75, 3.05) is 6.54 Å². The predicted molar refractivity (Wildman–Crippen MR) is 96.7 cm³/mol. The second-order valence-electron chi connectivity index (χ2n) is 5.82. The average molecular weight is 333 g/mol. The molecule has 1 aromatic heterocycles. The molecule has 126 valence electrons. The number of carbonyl (C=O) groups is 2. The van der Waals surface area contributed by atoms with Crippen LogP contribution >= 0.6 is 0 Å². The van der Waals surface area contributed by atoms with E-state index in [0.717, 1.165) is 16.5 Å². The summed E-state index contributed by atoms with van der Waals surface area (Å²) in [4.78, 5) is 30.1. The van der Waals surface area contributed by atoms with E-state index in [9.17, 15) is 9.59 Å². The number of rotatable bonds is 6. The minimum absolute atomic E-state index is 0.117. The Morgan fingerprint density at radius 2 is 1.64 bits per heavy atom. The third-order valence-corrected chi connectivity index (χ3v) is 3.95. The Bertz CT molecular complexity index is 894. The van der Waals surface area contributed by atoms with Gasteiger partial charge in [0.1, 0.15) is 5.69 Å². The number of fused-ring (bicyclic) bond motifs is 1. The fourth-order valence-electron chi connectivity index (χ4n) is 2.65. The number of benzene rings is 2. The molecule has 0 bridgehead atoms. The first kappa shape index (κ1) is 16.6. The van der Waals surface area contributed by atoms with E-state index in [2.05, 4.69) is 4.98 Å². The Morgan fingerprint density at radius 3 is 2.40 bits per heavy atom. The number of pyridine rings is 1. The van der Waals surface area contributed by atoms with Crippen LogP contribution in [0.15, 0.2) is 66.7 Å². The van der Waals surface area contributed by atoms with Gasteiger partial charge in [-0.2, -0.15) is 0 Å². The second-order valence-corrected chi connectivity index (χ2v) is 5.82. The van der Waals surface area contributed by atoms with Crippen molar-refractivity contribution in [1.82, 2.24) is 9.88 Å². The van der Waals surface area contributed by atoms with Crippen LogP contribution in [0.3, 0.4) is 0 Å². The van der Waals surface area contributed by atoms with Crippen LogP contribution in [0, 0.1) is 0 Å². The molecule has 2 aromatic carbocycles. The van der Waals surface area contributed by atoms with Crippen LogP contribution in [-0.4, -0.2) is 28.2 Å². The quantitative estimate of drug-likeness (QED) is 0.753. The summed E-state index contributed by atoms with van der Waals surface area (Å²) in [5.74, 6) is -0.645. The van der Waals surface area contributed by atoms with E-state index in [1.165, 1.54) is 0 Å². The van der Waals surface area contributed by atoms with Crippen molar-refractivity contribution in [2.24, 2.45) is 5.73 Å². The van der Waals surface area contributed by atoms with Gasteiger partial charge in [-0.15, -0.1) is 0 Å². The number of nitrogens with two attached hydrogens (primary N) is 1. The molecule has 0 spiro atoms. The molecule has 2 N–H and O–H groups in total. The first-order valence-electron chi connectivity index (χ1n) is 8.11. The summed E-state index contributed by atoms with van der Waals surface area (Å²) in [5.41, 5.74) is 7.37. The zero-order chi connectivity index (χ0) is 17.6. The number of primary amides is 1. The van der Waals surface area contributed by atoms with Crippen molar-refractivity contribution in [3.63, 3.8) is 0 Å². The van der Waals surface area contributed by atoms with Crippen molar-refractivity contribution in [3.8, 4) is 0 Å². The fourth-order valence-corrected chi connectivity index (χ4v) is 2.65. The van der Waals surface area contributed by atoms with Gasteiger partial charge in [-0.05, 0) is 17.7 Å². The first-order valence-corrected chi connectivity index (χ1v) is 8.11. The smallest absolute Gasteiger partial charge is 0.272 e. The Hall–Kier alpha value is -3.21. The summed E-state index contributed by atoms with van der Waals surface area (Å²) in [6, 6.07) is 20.9. The minimum Gasteiger partial charge on any atom is -0.370 e. The van der Waals surface area contributed by atoms with Gasteiger partial charge in [0.15, 0.2) is 0 Å². The largest absolute Gasteiger partial charge is 0.370 e. The molecule has 3 aromatic rings. The minimum atomic E-state index is -0.433. The topological polar surface area (TPSA) is 76.3 Å². The number of nitrogens with zero attached hydrogens (tertiary/aromatic N) is 2. The molecule has 0 unspecified atom stereocenters. The maximum atomic E-state index is 12.9. The molecule has 5 heteroatoms. The molecular weight excluding hydrogens is 314 g/mol. The van der Waals surface area contributed by atoms with E-state index in [4.69, 9.17) is 5.73 Å². The Morgan fingerprint density at radius 1 is 0.920 bits per heavy atom. The van der Waals surface area contributed by atoms with E-state index in [0.29, 0.717) is 12.2 Å². The van der Waals surface area contributed by atoms with Gasteiger partial charge in [-0.25, -0.2) is 4.98 Å². The molecule has 0 radical (unpaired) electrons. The van der Waals surface area contributed by atoms with E-state index in [-0.39, 0.29) is 18.9 Å². The number of hydrogen-bond donors (Lipinski definition) is 1. The van der Waals surface area contributed by atoms with Crippen molar-refractivity contribution in [3.05, 3.63) is 78.0 Å². The Balaban J connectivity index is 1.87. The molecule has 0 fully saturated rings. The highest BCUT2D eigenvalue weighted by Gasteiger charge is 2.18. The van der Waals surface area contributed by atoms with Crippen molar-refractivity contribution in [2.45, 2.75) is 13.0 Å². The lowest BCUT2D eigenvalue weighted by Gasteiger charge is -2.22. The fraction of sp³-hybridized carbons (Fsp3) is 0.150. The molecule has 0 saturated carbocycles. The third-order valence-electron chi connectivity index (χ3n) is 3.95. The molecule has 0 aliphatic carbocycles. The molecular formula is C20H19N3O2. The summed E-state index contributed by atoms with van der Waals surface area (Å²) in [5, 5.41) is 0.978. The molecule has 0 atom stereocenters. The SMILES string of the molecule is NC(=O)CCN(Cc1ccccc1)C(=O)c1ccc2ccccc2n1. The molecule has 3 rings (SSSR count). The normalized spacial score (nSPS) is 10.6. The van der Waals surface area contributed by atoms with Crippen molar-refractivity contribution in [1.29, 1.82) is 0 Å². The van der Waals surface area contributed by atoms with Crippen LogP contribution in [-0.2, 0) is 11.3 Å². The Kier molecular flexibility index (Phi) is 5.04. The maximum absolute atomic E-state index is 12.9. The lowest BCUT2D eigenvalue weighted by Crippen LogP contribution is -2.34. The molecule has 0 saturated heterocycles. The van der Waals surface area contributed by atoms with Crippen LogP contribution in [0.5, 0.6) is 0 Å². The highest BCUT2D eigenvalue weighted by molar-refractivity contribution is 5.95. The van der Waals surface area contributed by atoms with Crippen LogP contribution in [0.25, 0.3) is 10.9 Å². The zero-order valence-electron chi connectivity index (χ0n) is 13.8. The molecule has 0 aliphatic rings. The van der Waals surface area contributed by atoms with Crippen LogP contribution < -0.4 is 5.73 Å². The van der Waals surface area contributed by atoms with Gasteiger partial charge in [-0.1, -0.05) is 54.6 Å². The summed E-state index contributed by atoms with van der Waals surface area (Å²) in [6.45, 7) is 0.666. The number of amides is 2. The first-order chi connectivity index (χ1) is 12.1. The van der Waals surface area contributed by atoms with Gasteiger partial charge in [0.25, 0.3) is 5.91 Å². The van der Waals surface area contributed by atoms with E-state index < -0.39 is 5.91 Å². The molecule has 1 heterocycles. The van der Waals surface area contributed by atoms with E-state index in [1.807, 2.05) is 60.7 Å². The summed E-state index contributed by atoms with van der Waals surface area (Å²) < 4.78 is 0. The second kappa shape index (κ2) is 7.57. The van der Waals surface area contributed by atoms with Gasteiger partial charge >= 0.3 is 0 Å². The maximum Gasteiger partial charge on any atom is 0.272 e. The molecule has 5 nitrogen and oxygen atoms in total. The number of hydrogen-bond acceptors (Lipinski definition) is 3. The van der Waals surface area contributed by atoms with Gasteiger partial charge in [0, 0.05) is 24.9 Å². The number of aromatic nitrogens is 1. The molecule has 0 aliphatic heterocycles. The zero-order valence-corrected chi connectivity index (χ0v) is 13.8. The van der Waals surface area contributed by atoms with Crippen molar-refractivity contribution >= 4 is 22.7 Å². The van der Waals surface area contributed by atoms with E-state index in [1.54, 1.807) is 11.0 Å². The van der Waals surface area contributed by atoms with Crippen LogP contribution in [0.4, 0.5) is 0 Å². The Labute approximate surface area is 146 Å². The monoisotopic (exact) mass is 333 g/mol. The van der Waals surface area contributed by atoms with Crippen LogP contribution in [0.2, 0.25) is 0 Å². The third kappa shape index (κ3) is 4.20. The van der Waals surface area contributed by atoms with Gasteiger partial charge < -0.3 is 10.6 Å². The predicted octanol–water partition coefficient (Wildman–Crippen LogP) is 2.75. The number of para-hydroxylation sites is 1. The lowest BCUT2D eigenvalue weighted by atomic mass is 10.1. The van der Waals surface area contributed by atoms with Crippen molar-refractivity contribution < 1.29 is 9.59 Å². The lowest BCUT2D eigenvalue weighted by molar-refractivity contribution is -0.118.